The molecule has 1 aliphatic rings. The number of rotatable bonds is 5. The van der Waals surface area contributed by atoms with Crippen molar-refractivity contribution in [3.63, 3.8) is 0 Å². The Labute approximate surface area is 195 Å². The number of pyridine rings is 1. The monoisotopic (exact) mass is 492 g/mol. The molecule has 6 nitrogen and oxygen atoms in total. The maximum atomic E-state index is 13.1. The molecular formula is C24H23F3N2O4S. The van der Waals surface area contributed by atoms with Gasteiger partial charge in [-0.1, -0.05) is 24.3 Å². The maximum Gasteiger partial charge on any atom is 0.416 e. The molecule has 10 heteroatoms. The van der Waals surface area contributed by atoms with Crippen LogP contribution < -0.4 is 10.3 Å². The van der Waals surface area contributed by atoms with Crippen LogP contribution in [0.2, 0.25) is 0 Å². The van der Waals surface area contributed by atoms with Gasteiger partial charge in [-0.2, -0.15) is 17.5 Å². The lowest BCUT2D eigenvalue weighted by molar-refractivity contribution is -0.137. The fourth-order valence-electron chi connectivity index (χ4n) is 3.85. The fraction of sp³-hybridized carbons (Fsp3) is 0.292. The van der Waals surface area contributed by atoms with Gasteiger partial charge in [0.15, 0.2) is 0 Å². The zero-order chi connectivity index (χ0) is 24.7. The van der Waals surface area contributed by atoms with Crippen LogP contribution in [0.1, 0.15) is 17.7 Å². The van der Waals surface area contributed by atoms with Gasteiger partial charge in [-0.05, 0) is 54.8 Å². The van der Waals surface area contributed by atoms with Crippen molar-refractivity contribution >= 4 is 10.0 Å². The van der Waals surface area contributed by atoms with Gasteiger partial charge in [0, 0.05) is 25.4 Å². The summed E-state index contributed by atoms with van der Waals surface area (Å²) in [6, 6.07) is 13.8. The first kappa shape index (κ1) is 24.0. The number of aromatic nitrogens is 1. The van der Waals surface area contributed by atoms with Gasteiger partial charge in [-0.15, -0.1) is 0 Å². The lowest BCUT2D eigenvalue weighted by Crippen LogP contribution is -2.31. The number of benzene rings is 2. The maximum absolute atomic E-state index is 13.1. The number of ether oxygens (including phenoxy) is 1. The van der Waals surface area contributed by atoms with Crippen LogP contribution >= 0.6 is 0 Å². The van der Waals surface area contributed by atoms with Crippen LogP contribution in [0.3, 0.4) is 0 Å². The van der Waals surface area contributed by atoms with E-state index in [9.17, 15) is 26.4 Å². The van der Waals surface area contributed by atoms with E-state index >= 15 is 0 Å². The molecule has 4 rings (SSSR count). The molecule has 1 aromatic heterocycles. The van der Waals surface area contributed by atoms with E-state index in [0.717, 1.165) is 17.8 Å². The van der Waals surface area contributed by atoms with E-state index in [2.05, 4.69) is 0 Å². The lowest BCUT2D eigenvalue weighted by Gasteiger charge is -2.18. The second-order valence-corrected chi connectivity index (χ2v) is 10.2. The fourth-order valence-corrected chi connectivity index (χ4v) is 5.34. The summed E-state index contributed by atoms with van der Waals surface area (Å²) in [5.41, 5.74) is 0.576. The van der Waals surface area contributed by atoms with E-state index in [-0.39, 0.29) is 23.5 Å². The zero-order valence-electron chi connectivity index (χ0n) is 18.5. The summed E-state index contributed by atoms with van der Waals surface area (Å²) < 4.78 is 73.8. The Morgan fingerprint density at radius 2 is 1.71 bits per heavy atom. The quantitative estimate of drug-likeness (QED) is 0.535. The largest absolute Gasteiger partial charge is 0.489 e. The van der Waals surface area contributed by atoms with Gasteiger partial charge in [0.05, 0.1) is 17.0 Å². The number of halogens is 3. The predicted octanol–water partition coefficient (Wildman–Crippen LogP) is 4.22. The molecule has 0 spiro atoms. The summed E-state index contributed by atoms with van der Waals surface area (Å²) in [6.45, 7) is 2.17. The molecule has 1 unspecified atom stereocenters. The standard InChI is InChI=1S/C24H23F3N2O4S/c1-16-12-21(14-23(30)28(16)2)33-20-10-11-29(15-20)34(31,32)22-8-6-17(7-9-22)18-4-3-5-19(13-18)24(25,26)27/h3-9,12-14,20H,10-11,15H2,1-2H3. The first-order valence-electron chi connectivity index (χ1n) is 10.6. The van der Waals surface area contributed by atoms with Crippen molar-refractivity contribution in [3.05, 3.63) is 82.3 Å². The topological polar surface area (TPSA) is 68.6 Å². The van der Waals surface area contributed by atoms with Crippen molar-refractivity contribution in [1.29, 1.82) is 0 Å². The van der Waals surface area contributed by atoms with E-state index in [1.807, 2.05) is 0 Å². The Bertz CT molecular complexity index is 1370. The first-order valence-corrected chi connectivity index (χ1v) is 12.0. The van der Waals surface area contributed by atoms with Gasteiger partial charge >= 0.3 is 6.18 Å². The van der Waals surface area contributed by atoms with E-state index < -0.39 is 27.9 Å². The lowest BCUT2D eigenvalue weighted by atomic mass is 10.0. The molecule has 1 saturated heterocycles. The Kier molecular flexibility index (Phi) is 6.30. The number of alkyl halides is 3. The summed E-state index contributed by atoms with van der Waals surface area (Å²) in [6.07, 6.45) is -4.39. The van der Waals surface area contributed by atoms with Crippen molar-refractivity contribution < 1.29 is 26.3 Å². The molecule has 2 heterocycles. The molecule has 1 fully saturated rings. The number of hydrogen-bond donors (Lipinski definition) is 0. The van der Waals surface area contributed by atoms with Crippen LogP contribution in [-0.4, -0.2) is 36.5 Å². The van der Waals surface area contributed by atoms with Gasteiger partial charge < -0.3 is 9.30 Å². The van der Waals surface area contributed by atoms with Crippen LogP contribution in [0.5, 0.6) is 5.75 Å². The SMILES string of the molecule is Cc1cc(OC2CCN(S(=O)(=O)c3ccc(-c4cccc(C(F)(F)F)c4)cc3)C2)cc(=O)n1C. The summed E-state index contributed by atoms with van der Waals surface area (Å²) in [5, 5.41) is 0. The van der Waals surface area contributed by atoms with Crippen LogP contribution in [0.4, 0.5) is 13.2 Å². The van der Waals surface area contributed by atoms with Crippen molar-refractivity contribution in [2.24, 2.45) is 7.05 Å². The highest BCUT2D eigenvalue weighted by Gasteiger charge is 2.34. The van der Waals surface area contributed by atoms with Crippen LogP contribution in [0.25, 0.3) is 11.1 Å². The molecule has 0 N–H and O–H groups in total. The molecule has 0 radical (unpaired) electrons. The summed E-state index contributed by atoms with van der Waals surface area (Å²) in [5.74, 6) is 0.398. The normalized spacial score (nSPS) is 17.1. The minimum absolute atomic E-state index is 0.0494. The highest BCUT2D eigenvalue weighted by Crippen LogP contribution is 2.33. The van der Waals surface area contributed by atoms with Gasteiger partial charge in [-0.3, -0.25) is 4.79 Å². The molecule has 1 aliphatic heterocycles. The van der Waals surface area contributed by atoms with Crippen molar-refractivity contribution in [2.45, 2.75) is 30.5 Å². The molecule has 0 saturated carbocycles. The Hall–Kier alpha value is -3.11. The summed E-state index contributed by atoms with van der Waals surface area (Å²) >= 11 is 0. The molecule has 3 aromatic rings. The Balaban J connectivity index is 1.48. The van der Waals surface area contributed by atoms with Crippen molar-refractivity contribution in [2.75, 3.05) is 13.1 Å². The third-order valence-corrected chi connectivity index (χ3v) is 7.78. The summed E-state index contributed by atoms with van der Waals surface area (Å²) in [4.78, 5) is 12.0. The average molecular weight is 493 g/mol. The van der Waals surface area contributed by atoms with Gasteiger partial charge in [0.25, 0.3) is 5.56 Å². The molecule has 1 atom stereocenters. The number of sulfonamides is 1. The zero-order valence-corrected chi connectivity index (χ0v) is 19.4. The number of aryl methyl sites for hydroxylation is 1. The van der Waals surface area contributed by atoms with E-state index in [1.165, 1.54) is 45.3 Å². The predicted molar refractivity (Wildman–Crippen MR) is 121 cm³/mol. The smallest absolute Gasteiger partial charge is 0.416 e. The third kappa shape index (κ3) is 4.88. The van der Waals surface area contributed by atoms with E-state index in [4.69, 9.17) is 4.74 Å². The highest BCUT2D eigenvalue weighted by atomic mass is 32.2. The molecule has 0 amide bonds. The van der Waals surface area contributed by atoms with Gasteiger partial charge in [-0.25, -0.2) is 8.42 Å². The van der Waals surface area contributed by atoms with Crippen molar-refractivity contribution in [1.82, 2.24) is 8.87 Å². The average Bonchev–Trinajstić information content (AvgIpc) is 3.26. The molecular weight excluding hydrogens is 469 g/mol. The molecule has 2 aromatic carbocycles. The van der Waals surface area contributed by atoms with Crippen LogP contribution in [0, 0.1) is 6.92 Å². The minimum Gasteiger partial charge on any atom is -0.489 e. The number of nitrogens with zero attached hydrogens (tertiary/aromatic N) is 2. The van der Waals surface area contributed by atoms with Crippen LogP contribution in [-0.2, 0) is 23.2 Å². The van der Waals surface area contributed by atoms with Gasteiger partial charge in [0.1, 0.15) is 11.9 Å². The third-order valence-electron chi connectivity index (χ3n) is 5.90. The molecule has 0 aliphatic carbocycles. The molecule has 34 heavy (non-hydrogen) atoms. The van der Waals surface area contributed by atoms with Crippen LogP contribution in [0.15, 0.2) is 70.4 Å². The molecule has 180 valence electrons. The molecule has 0 bridgehead atoms. The van der Waals surface area contributed by atoms with E-state index in [0.29, 0.717) is 23.3 Å². The minimum atomic E-state index is -4.46. The Morgan fingerprint density at radius 1 is 1.00 bits per heavy atom. The van der Waals surface area contributed by atoms with Crippen molar-refractivity contribution in [3.8, 4) is 16.9 Å². The highest BCUT2D eigenvalue weighted by molar-refractivity contribution is 7.89. The second kappa shape index (κ2) is 8.92. The Morgan fingerprint density at radius 3 is 2.35 bits per heavy atom. The van der Waals surface area contributed by atoms with E-state index in [1.54, 1.807) is 26.1 Å². The van der Waals surface area contributed by atoms with Gasteiger partial charge in [0.2, 0.25) is 10.0 Å². The first-order chi connectivity index (χ1) is 15.9. The number of hydrogen-bond acceptors (Lipinski definition) is 4. The summed E-state index contributed by atoms with van der Waals surface area (Å²) in [7, 11) is -2.15. The second-order valence-electron chi connectivity index (χ2n) is 8.22.